The molecule has 0 aromatic carbocycles. The van der Waals surface area contributed by atoms with Gasteiger partial charge in [0.2, 0.25) is 0 Å². The van der Waals surface area contributed by atoms with Crippen molar-refractivity contribution in [1.29, 1.82) is 5.26 Å². The second-order valence-corrected chi connectivity index (χ2v) is 4.82. The van der Waals surface area contributed by atoms with Gasteiger partial charge in [0.15, 0.2) is 0 Å². The zero-order valence-corrected chi connectivity index (χ0v) is 11.5. The standard InChI is InChI=1S/C13H22N4O/c1-11(2)5-6-13-12(7-8-14)15-16-17(13)9-4-10-18-3/h11H,4-7,9-10H2,1-3H3. The quantitative estimate of drug-likeness (QED) is 0.662. The van der Waals surface area contributed by atoms with E-state index in [9.17, 15) is 0 Å². The van der Waals surface area contributed by atoms with Crippen molar-refractivity contribution in [3.63, 3.8) is 0 Å². The maximum absolute atomic E-state index is 8.80. The first-order valence-corrected chi connectivity index (χ1v) is 6.46. The molecule has 5 nitrogen and oxygen atoms in total. The van der Waals surface area contributed by atoms with Gasteiger partial charge in [0.25, 0.3) is 0 Å². The van der Waals surface area contributed by atoms with E-state index in [1.807, 2.05) is 4.68 Å². The molecule has 0 unspecified atom stereocenters. The number of rotatable bonds is 8. The molecule has 0 aliphatic heterocycles. The third-order valence-electron chi connectivity index (χ3n) is 2.84. The number of hydrogen-bond acceptors (Lipinski definition) is 4. The molecule has 0 N–H and O–H groups in total. The van der Waals surface area contributed by atoms with E-state index in [0.717, 1.165) is 43.8 Å². The van der Waals surface area contributed by atoms with Crippen molar-refractivity contribution < 1.29 is 4.74 Å². The topological polar surface area (TPSA) is 63.7 Å². The smallest absolute Gasteiger partial charge is 0.0999 e. The predicted molar refractivity (Wildman–Crippen MR) is 69.0 cm³/mol. The first kappa shape index (κ1) is 14.7. The van der Waals surface area contributed by atoms with Crippen molar-refractivity contribution in [2.45, 2.75) is 46.1 Å². The van der Waals surface area contributed by atoms with Crippen molar-refractivity contribution in [3.8, 4) is 6.07 Å². The van der Waals surface area contributed by atoms with Gasteiger partial charge in [-0.2, -0.15) is 5.26 Å². The highest BCUT2D eigenvalue weighted by Crippen LogP contribution is 2.13. The van der Waals surface area contributed by atoms with Gasteiger partial charge in [0.05, 0.1) is 23.9 Å². The molecule has 1 rings (SSSR count). The lowest BCUT2D eigenvalue weighted by atomic mass is 10.0. The fourth-order valence-corrected chi connectivity index (χ4v) is 1.82. The van der Waals surface area contributed by atoms with Gasteiger partial charge in [-0.3, -0.25) is 0 Å². The van der Waals surface area contributed by atoms with Crippen LogP contribution in [0.25, 0.3) is 0 Å². The summed E-state index contributed by atoms with van der Waals surface area (Å²) < 4.78 is 6.97. The molecule has 0 saturated carbocycles. The van der Waals surface area contributed by atoms with Crippen LogP contribution in [0.3, 0.4) is 0 Å². The van der Waals surface area contributed by atoms with Crippen LogP contribution in [0.15, 0.2) is 0 Å². The van der Waals surface area contributed by atoms with Crippen LogP contribution < -0.4 is 0 Å². The summed E-state index contributed by atoms with van der Waals surface area (Å²) in [7, 11) is 1.70. The summed E-state index contributed by atoms with van der Waals surface area (Å²) >= 11 is 0. The Hall–Kier alpha value is -1.41. The number of aryl methyl sites for hydroxylation is 1. The van der Waals surface area contributed by atoms with E-state index < -0.39 is 0 Å². The van der Waals surface area contributed by atoms with Gasteiger partial charge in [-0.15, -0.1) is 5.10 Å². The van der Waals surface area contributed by atoms with Crippen LogP contribution in [0.2, 0.25) is 0 Å². The molecule has 0 radical (unpaired) electrons. The fourth-order valence-electron chi connectivity index (χ4n) is 1.82. The number of aromatic nitrogens is 3. The molecule has 100 valence electrons. The molecule has 0 fully saturated rings. The van der Waals surface area contributed by atoms with Crippen LogP contribution >= 0.6 is 0 Å². The van der Waals surface area contributed by atoms with Gasteiger partial charge in [-0.25, -0.2) is 4.68 Å². The van der Waals surface area contributed by atoms with Crippen molar-refractivity contribution in [3.05, 3.63) is 11.4 Å². The van der Waals surface area contributed by atoms with Gasteiger partial charge in [0, 0.05) is 20.3 Å². The molecular formula is C13H22N4O. The van der Waals surface area contributed by atoms with Gasteiger partial charge in [-0.05, 0) is 25.2 Å². The van der Waals surface area contributed by atoms with Crippen LogP contribution in [0, 0.1) is 17.2 Å². The van der Waals surface area contributed by atoms with Crippen molar-refractivity contribution >= 4 is 0 Å². The summed E-state index contributed by atoms with van der Waals surface area (Å²) in [4.78, 5) is 0. The summed E-state index contributed by atoms with van der Waals surface area (Å²) in [6.07, 6.45) is 3.29. The molecule has 1 heterocycles. The first-order valence-electron chi connectivity index (χ1n) is 6.46. The molecule has 1 aromatic rings. The Bertz CT molecular complexity index is 392. The average molecular weight is 250 g/mol. The van der Waals surface area contributed by atoms with Gasteiger partial charge < -0.3 is 4.74 Å². The summed E-state index contributed by atoms with van der Waals surface area (Å²) in [6, 6.07) is 2.15. The normalized spacial score (nSPS) is 10.8. The Morgan fingerprint density at radius 3 is 2.83 bits per heavy atom. The second-order valence-electron chi connectivity index (χ2n) is 4.82. The Balaban J connectivity index is 2.72. The Kier molecular flexibility index (Phi) is 6.37. The molecule has 0 aliphatic rings. The molecule has 0 saturated heterocycles. The van der Waals surface area contributed by atoms with Crippen LogP contribution in [-0.2, 0) is 24.1 Å². The lowest BCUT2D eigenvalue weighted by Gasteiger charge is -2.08. The zero-order chi connectivity index (χ0) is 13.4. The molecule has 1 aromatic heterocycles. The van der Waals surface area contributed by atoms with Crippen LogP contribution in [0.4, 0.5) is 0 Å². The highest BCUT2D eigenvalue weighted by atomic mass is 16.5. The molecule has 0 bridgehead atoms. The van der Waals surface area contributed by atoms with Crippen molar-refractivity contribution in [2.75, 3.05) is 13.7 Å². The van der Waals surface area contributed by atoms with Gasteiger partial charge >= 0.3 is 0 Å². The lowest BCUT2D eigenvalue weighted by Crippen LogP contribution is -2.09. The van der Waals surface area contributed by atoms with E-state index in [0.29, 0.717) is 12.3 Å². The maximum atomic E-state index is 8.80. The van der Waals surface area contributed by atoms with Gasteiger partial charge in [0.1, 0.15) is 0 Å². The number of nitrogens with zero attached hydrogens (tertiary/aromatic N) is 4. The van der Waals surface area contributed by atoms with Crippen molar-refractivity contribution in [2.24, 2.45) is 5.92 Å². The van der Waals surface area contributed by atoms with E-state index in [1.54, 1.807) is 7.11 Å². The Morgan fingerprint density at radius 2 is 2.22 bits per heavy atom. The number of methoxy groups -OCH3 is 1. The second kappa shape index (κ2) is 7.83. The van der Waals surface area contributed by atoms with Crippen LogP contribution in [0.5, 0.6) is 0 Å². The molecule has 0 atom stereocenters. The summed E-state index contributed by atoms with van der Waals surface area (Å²) in [6.45, 7) is 5.92. The van der Waals surface area contributed by atoms with E-state index in [4.69, 9.17) is 10.00 Å². The predicted octanol–water partition coefficient (Wildman–Crippen LogP) is 1.97. The molecule has 0 aliphatic carbocycles. The lowest BCUT2D eigenvalue weighted by molar-refractivity contribution is 0.188. The third-order valence-corrected chi connectivity index (χ3v) is 2.84. The molecule has 5 heteroatoms. The van der Waals surface area contributed by atoms with Crippen LogP contribution in [-0.4, -0.2) is 28.7 Å². The van der Waals surface area contributed by atoms with E-state index in [-0.39, 0.29) is 0 Å². The molecule has 18 heavy (non-hydrogen) atoms. The average Bonchev–Trinajstić information content (AvgIpc) is 2.70. The van der Waals surface area contributed by atoms with Gasteiger partial charge in [-0.1, -0.05) is 19.1 Å². The van der Waals surface area contributed by atoms with E-state index in [1.165, 1.54) is 0 Å². The number of hydrogen-bond donors (Lipinski definition) is 0. The Morgan fingerprint density at radius 1 is 1.44 bits per heavy atom. The third kappa shape index (κ3) is 4.46. The summed E-state index contributed by atoms with van der Waals surface area (Å²) in [5.41, 5.74) is 1.94. The minimum absolute atomic E-state index is 0.345. The summed E-state index contributed by atoms with van der Waals surface area (Å²) in [5, 5.41) is 17.1. The SMILES string of the molecule is COCCCn1nnc(CC#N)c1CCC(C)C. The molecular weight excluding hydrogens is 228 g/mol. The fraction of sp³-hybridized carbons (Fsp3) is 0.769. The minimum Gasteiger partial charge on any atom is -0.385 e. The monoisotopic (exact) mass is 250 g/mol. The first-order chi connectivity index (χ1) is 8.69. The van der Waals surface area contributed by atoms with E-state index >= 15 is 0 Å². The summed E-state index contributed by atoms with van der Waals surface area (Å²) in [5.74, 6) is 0.641. The number of ether oxygens (including phenoxy) is 1. The highest BCUT2D eigenvalue weighted by Gasteiger charge is 2.12. The minimum atomic E-state index is 0.345. The molecule has 0 spiro atoms. The van der Waals surface area contributed by atoms with E-state index in [2.05, 4.69) is 30.2 Å². The maximum Gasteiger partial charge on any atom is 0.0999 e. The molecule has 0 amide bonds. The highest BCUT2D eigenvalue weighted by molar-refractivity contribution is 5.14. The van der Waals surface area contributed by atoms with Crippen LogP contribution in [0.1, 0.15) is 38.1 Å². The zero-order valence-electron chi connectivity index (χ0n) is 11.5. The largest absolute Gasteiger partial charge is 0.385 e. The number of nitriles is 1. The van der Waals surface area contributed by atoms with Crippen molar-refractivity contribution in [1.82, 2.24) is 15.0 Å². The Labute approximate surface area is 109 Å².